The zero-order valence-corrected chi connectivity index (χ0v) is 10.5. The number of carbonyl (C=O) groups is 2. The van der Waals surface area contributed by atoms with Crippen LogP contribution in [0.5, 0.6) is 11.5 Å². The second kappa shape index (κ2) is 4.42. The van der Waals surface area contributed by atoms with Crippen LogP contribution in [0.2, 0.25) is 0 Å². The van der Waals surface area contributed by atoms with Crippen molar-refractivity contribution in [2.24, 2.45) is 0 Å². The van der Waals surface area contributed by atoms with Gasteiger partial charge in [0.15, 0.2) is 11.5 Å². The topological polar surface area (TPSA) is 55.8 Å². The van der Waals surface area contributed by atoms with Gasteiger partial charge >= 0.3 is 0 Å². The molecule has 2 aliphatic rings. The number of ether oxygens (including phenoxy) is 2. The Hall–Kier alpha value is -2.30. The Balaban J connectivity index is 1.97. The molecule has 0 N–H and O–H groups in total. The molecule has 19 heavy (non-hydrogen) atoms. The third-order valence-electron chi connectivity index (χ3n) is 3.09. The normalized spacial score (nSPS) is 18.4. The highest BCUT2D eigenvalue weighted by Gasteiger charge is 2.30. The number of nitrogens with zero attached hydrogens (tertiary/aromatic N) is 1. The van der Waals surface area contributed by atoms with E-state index in [9.17, 15) is 9.59 Å². The molecule has 0 unspecified atom stereocenters. The molecule has 5 heteroatoms. The zero-order chi connectivity index (χ0) is 13.4. The SMILES string of the molecule is CC1=CC(=O)N(c2ccc3c(c2)OCCCO3)C1=O. The molecule has 0 saturated carbocycles. The van der Waals surface area contributed by atoms with E-state index in [0.717, 1.165) is 11.3 Å². The predicted molar refractivity (Wildman–Crippen MR) is 68.3 cm³/mol. The van der Waals surface area contributed by atoms with Crippen molar-refractivity contribution in [1.29, 1.82) is 0 Å². The molecule has 1 aromatic rings. The van der Waals surface area contributed by atoms with E-state index in [0.29, 0.717) is 36.0 Å². The third kappa shape index (κ3) is 1.97. The van der Waals surface area contributed by atoms with Crippen LogP contribution in [-0.2, 0) is 9.59 Å². The molecular weight excluding hydrogens is 246 g/mol. The molecule has 0 spiro atoms. The fraction of sp³-hybridized carbons (Fsp3) is 0.286. The average molecular weight is 259 g/mol. The van der Waals surface area contributed by atoms with Gasteiger partial charge in [0.2, 0.25) is 0 Å². The van der Waals surface area contributed by atoms with Gasteiger partial charge in [-0.15, -0.1) is 0 Å². The molecule has 2 aliphatic heterocycles. The van der Waals surface area contributed by atoms with Gasteiger partial charge in [-0.2, -0.15) is 0 Å². The van der Waals surface area contributed by atoms with Crippen LogP contribution in [0, 0.1) is 0 Å². The van der Waals surface area contributed by atoms with Gasteiger partial charge in [0.25, 0.3) is 11.8 Å². The zero-order valence-electron chi connectivity index (χ0n) is 10.5. The molecule has 0 saturated heterocycles. The number of hydrogen-bond acceptors (Lipinski definition) is 4. The summed E-state index contributed by atoms with van der Waals surface area (Å²) in [4.78, 5) is 24.8. The molecule has 0 fully saturated rings. The highest BCUT2D eigenvalue weighted by molar-refractivity contribution is 6.30. The van der Waals surface area contributed by atoms with Crippen LogP contribution < -0.4 is 14.4 Å². The Morgan fingerprint density at radius 3 is 2.53 bits per heavy atom. The summed E-state index contributed by atoms with van der Waals surface area (Å²) in [7, 11) is 0. The van der Waals surface area contributed by atoms with Gasteiger partial charge in [-0.1, -0.05) is 0 Å². The lowest BCUT2D eigenvalue weighted by atomic mass is 10.2. The lowest BCUT2D eigenvalue weighted by Crippen LogP contribution is -2.30. The van der Waals surface area contributed by atoms with E-state index in [1.54, 1.807) is 25.1 Å². The number of fused-ring (bicyclic) bond motifs is 1. The molecule has 0 aliphatic carbocycles. The average Bonchev–Trinajstić information content (AvgIpc) is 2.59. The van der Waals surface area contributed by atoms with Gasteiger partial charge in [0, 0.05) is 24.1 Å². The number of benzene rings is 1. The molecule has 2 heterocycles. The van der Waals surface area contributed by atoms with E-state index in [1.807, 2.05) is 0 Å². The predicted octanol–water partition coefficient (Wildman–Crippen LogP) is 1.67. The van der Waals surface area contributed by atoms with Crippen LogP contribution in [0.25, 0.3) is 0 Å². The number of imide groups is 1. The monoisotopic (exact) mass is 259 g/mol. The maximum Gasteiger partial charge on any atom is 0.261 e. The fourth-order valence-corrected chi connectivity index (χ4v) is 2.12. The first-order valence-electron chi connectivity index (χ1n) is 6.13. The van der Waals surface area contributed by atoms with Crippen LogP contribution in [0.1, 0.15) is 13.3 Å². The van der Waals surface area contributed by atoms with Crippen molar-refractivity contribution in [1.82, 2.24) is 0 Å². The summed E-state index contributed by atoms with van der Waals surface area (Å²) in [5, 5.41) is 0. The lowest BCUT2D eigenvalue weighted by Gasteiger charge is -2.16. The van der Waals surface area contributed by atoms with E-state index >= 15 is 0 Å². The molecule has 3 rings (SSSR count). The van der Waals surface area contributed by atoms with Crippen molar-refractivity contribution in [3.8, 4) is 11.5 Å². The Kier molecular flexibility index (Phi) is 2.74. The Bertz CT molecular complexity index is 591. The fourth-order valence-electron chi connectivity index (χ4n) is 2.12. The second-order valence-electron chi connectivity index (χ2n) is 4.49. The molecule has 1 aromatic carbocycles. The minimum atomic E-state index is -0.322. The Morgan fingerprint density at radius 1 is 1.11 bits per heavy atom. The first kappa shape index (κ1) is 11.8. The summed E-state index contributed by atoms with van der Waals surface area (Å²) >= 11 is 0. The van der Waals surface area contributed by atoms with E-state index in [2.05, 4.69) is 0 Å². The molecule has 0 radical (unpaired) electrons. The molecule has 0 atom stereocenters. The maximum atomic E-state index is 11.9. The van der Waals surface area contributed by atoms with Crippen molar-refractivity contribution in [3.05, 3.63) is 29.8 Å². The van der Waals surface area contributed by atoms with Crippen LogP contribution in [-0.4, -0.2) is 25.0 Å². The Morgan fingerprint density at radius 2 is 1.84 bits per heavy atom. The van der Waals surface area contributed by atoms with E-state index in [1.165, 1.54) is 6.08 Å². The van der Waals surface area contributed by atoms with Gasteiger partial charge in [0.05, 0.1) is 18.9 Å². The number of amides is 2. The number of carbonyl (C=O) groups excluding carboxylic acids is 2. The first-order chi connectivity index (χ1) is 9.16. The largest absolute Gasteiger partial charge is 0.490 e. The molecule has 98 valence electrons. The molecule has 2 amide bonds. The highest BCUT2D eigenvalue weighted by atomic mass is 16.5. The summed E-state index contributed by atoms with van der Waals surface area (Å²) in [6.07, 6.45) is 2.15. The summed E-state index contributed by atoms with van der Waals surface area (Å²) < 4.78 is 11.1. The third-order valence-corrected chi connectivity index (χ3v) is 3.09. The minimum Gasteiger partial charge on any atom is -0.490 e. The van der Waals surface area contributed by atoms with Crippen molar-refractivity contribution >= 4 is 17.5 Å². The van der Waals surface area contributed by atoms with Crippen molar-refractivity contribution in [3.63, 3.8) is 0 Å². The van der Waals surface area contributed by atoms with E-state index in [4.69, 9.17) is 9.47 Å². The van der Waals surface area contributed by atoms with Crippen molar-refractivity contribution < 1.29 is 19.1 Å². The molecular formula is C14H13NO4. The summed E-state index contributed by atoms with van der Waals surface area (Å²) in [5.41, 5.74) is 0.949. The van der Waals surface area contributed by atoms with Crippen LogP contribution in [0.4, 0.5) is 5.69 Å². The molecule has 0 aromatic heterocycles. The van der Waals surface area contributed by atoms with Crippen molar-refractivity contribution in [2.45, 2.75) is 13.3 Å². The quantitative estimate of drug-likeness (QED) is 0.720. The standard InChI is InChI=1S/C14H13NO4/c1-9-7-13(16)15(14(9)17)10-3-4-11-12(8-10)19-6-2-5-18-11/h3-4,7-8H,2,5-6H2,1H3. The summed E-state index contributed by atoms with van der Waals surface area (Å²) in [6, 6.07) is 5.09. The minimum absolute atomic E-state index is 0.292. The van der Waals surface area contributed by atoms with Gasteiger partial charge in [0.1, 0.15) is 0 Å². The van der Waals surface area contributed by atoms with Gasteiger partial charge in [-0.25, -0.2) is 4.90 Å². The van der Waals surface area contributed by atoms with Crippen LogP contribution in [0.3, 0.4) is 0 Å². The highest BCUT2D eigenvalue weighted by Crippen LogP contribution is 2.35. The van der Waals surface area contributed by atoms with Gasteiger partial charge in [-0.3, -0.25) is 9.59 Å². The van der Waals surface area contributed by atoms with Crippen molar-refractivity contribution in [2.75, 3.05) is 18.1 Å². The first-order valence-corrected chi connectivity index (χ1v) is 6.13. The number of anilines is 1. The summed E-state index contributed by atoms with van der Waals surface area (Å²) in [6.45, 7) is 2.80. The molecule has 5 nitrogen and oxygen atoms in total. The lowest BCUT2D eigenvalue weighted by molar-refractivity contribution is -0.120. The van der Waals surface area contributed by atoms with Crippen LogP contribution in [0.15, 0.2) is 29.8 Å². The number of hydrogen-bond donors (Lipinski definition) is 0. The Labute approximate surface area is 110 Å². The molecule has 0 bridgehead atoms. The van der Waals surface area contributed by atoms with E-state index in [-0.39, 0.29) is 11.8 Å². The van der Waals surface area contributed by atoms with Gasteiger partial charge in [-0.05, 0) is 19.1 Å². The van der Waals surface area contributed by atoms with E-state index < -0.39 is 0 Å². The summed E-state index contributed by atoms with van der Waals surface area (Å²) in [5.74, 6) is 0.599. The maximum absolute atomic E-state index is 11.9. The smallest absolute Gasteiger partial charge is 0.261 e. The van der Waals surface area contributed by atoms with Gasteiger partial charge < -0.3 is 9.47 Å². The van der Waals surface area contributed by atoms with Crippen LogP contribution >= 0.6 is 0 Å². The number of rotatable bonds is 1. The second-order valence-corrected chi connectivity index (χ2v) is 4.49.